The third kappa shape index (κ3) is 5.33. The van der Waals surface area contributed by atoms with Crippen LogP contribution in [0.2, 0.25) is 0 Å². The number of rotatable bonds is 7. The van der Waals surface area contributed by atoms with Crippen LogP contribution < -0.4 is 9.47 Å². The summed E-state index contributed by atoms with van der Waals surface area (Å²) in [5.74, 6) is 3.53. The van der Waals surface area contributed by atoms with E-state index in [2.05, 4.69) is 49.8 Å². The minimum Gasteiger partial charge on any atom is -0.439 e. The lowest BCUT2D eigenvalue weighted by Gasteiger charge is -2.11. The summed E-state index contributed by atoms with van der Waals surface area (Å²) in [5.41, 5.74) is 4.48. The molecule has 4 nitrogen and oxygen atoms in total. The summed E-state index contributed by atoms with van der Waals surface area (Å²) < 4.78 is 12.1. The SMILES string of the molecule is CC(C)c1ccnc(Oc2cccc(-c3cccc(Oc4cc(C(C)C)ccn4)c3)c2)c1. The van der Waals surface area contributed by atoms with E-state index in [4.69, 9.17) is 9.47 Å². The molecule has 0 spiro atoms. The smallest absolute Gasteiger partial charge is 0.219 e. The lowest BCUT2D eigenvalue weighted by Crippen LogP contribution is -1.93. The Hall–Kier alpha value is -3.66. The van der Waals surface area contributed by atoms with Crippen molar-refractivity contribution >= 4 is 0 Å². The molecule has 0 saturated heterocycles. The maximum atomic E-state index is 6.04. The van der Waals surface area contributed by atoms with Gasteiger partial charge in [0.15, 0.2) is 0 Å². The van der Waals surface area contributed by atoms with Crippen molar-refractivity contribution in [3.8, 4) is 34.4 Å². The first-order valence-corrected chi connectivity index (χ1v) is 11.0. The molecule has 2 aromatic heterocycles. The Balaban J connectivity index is 1.55. The number of pyridine rings is 2. The van der Waals surface area contributed by atoms with Crippen LogP contribution in [0.4, 0.5) is 0 Å². The van der Waals surface area contributed by atoms with Crippen molar-refractivity contribution in [1.29, 1.82) is 0 Å². The summed E-state index contributed by atoms with van der Waals surface area (Å²) in [7, 11) is 0. The molecule has 0 aliphatic rings. The van der Waals surface area contributed by atoms with E-state index < -0.39 is 0 Å². The van der Waals surface area contributed by atoms with Crippen LogP contribution in [-0.4, -0.2) is 9.97 Å². The molecule has 0 unspecified atom stereocenters. The molecule has 2 heterocycles. The highest BCUT2D eigenvalue weighted by Gasteiger charge is 2.08. The lowest BCUT2D eigenvalue weighted by atomic mass is 10.0. The van der Waals surface area contributed by atoms with Gasteiger partial charge in [-0.15, -0.1) is 0 Å². The van der Waals surface area contributed by atoms with Crippen LogP contribution in [0.1, 0.15) is 50.7 Å². The van der Waals surface area contributed by atoms with E-state index >= 15 is 0 Å². The van der Waals surface area contributed by atoms with E-state index in [9.17, 15) is 0 Å². The van der Waals surface area contributed by atoms with Gasteiger partial charge in [-0.2, -0.15) is 0 Å². The normalized spacial score (nSPS) is 11.1. The second kappa shape index (κ2) is 9.65. The molecule has 2 aromatic carbocycles. The van der Waals surface area contributed by atoms with Crippen LogP contribution in [0.5, 0.6) is 23.3 Å². The quantitative estimate of drug-likeness (QED) is 0.302. The molecule has 0 N–H and O–H groups in total. The average Bonchev–Trinajstić information content (AvgIpc) is 2.80. The van der Waals surface area contributed by atoms with Gasteiger partial charge in [0.1, 0.15) is 11.5 Å². The van der Waals surface area contributed by atoms with Gasteiger partial charge < -0.3 is 9.47 Å². The maximum absolute atomic E-state index is 6.04. The van der Waals surface area contributed by atoms with Gasteiger partial charge in [-0.05, 0) is 70.5 Å². The van der Waals surface area contributed by atoms with Gasteiger partial charge in [0.05, 0.1) is 0 Å². The van der Waals surface area contributed by atoms with Crippen molar-refractivity contribution in [2.45, 2.75) is 39.5 Å². The summed E-state index contributed by atoms with van der Waals surface area (Å²) in [6, 6.07) is 24.0. The van der Waals surface area contributed by atoms with E-state index in [1.54, 1.807) is 12.4 Å². The maximum Gasteiger partial charge on any atom is 0.219 e. The largest absolute Gasteiger partial charge is 0.439 e. The van der Waals surface area contributed by atoms with Crippen molar-refractivity contribution in [2.24, 2.45) is 0 Å². The first-order chi connectivity index (χ1) is 15.5. The second-order valence-corrected chi connectivity index (χ2v) is 8.42. The Bertz CT molecular complexity index is 1110. The monoisotopic (exact) mass is 424 g/mol. The highest BCUT2D eigenvalue weighted by atomic mass is 16.5. The van der Waals surface area contributed by atoms with Gasteiger partial charge in [0.2, 0.25) is 11.8 Å². The van der Waals surface area contributed by atoms with Gasteiger partial charge in [-0.3, -0.25) is 0 Å². The summed E-state index contributed by atoms with van der Waals surface area (Å²) in [6.07, 6.45) is 3.58. The Morgan fingerprint density at radius 2 is 1.00 bits per heavy atom. The fourth-order valence-corrected chi connectivity index (χ4v) is 3.40. The number of nitrogens with zero attached hydrogens (tertiary/aromatic N) is 2. The number of aromatic nitrogens is 2. The van der Waals surface area contributed by atoms with Crippen LogP contribution in [0, 0.1) is 0 Å². The van der Waals surface area contributed by atoms with Crippen molar-refractivity contribution in [1.82, 2.24) is 9.97 Å². The summed E-state index contributed by atoms with van der Waals surface area (Å²) in [6.45, 7) is 8.62. The topological polar surface area (TPSA) is 44.2 Å². The molecule has 0 aliphatic heterocycles. The fourth-order valence-electron chi connectivity index (χ4n) is 3.40. The standard InChI is InChI=1S/C28H28N2O2/c1-19(2)21-11-13-29-27(17-21)31-25-9-5-7-23(15-25)24-8-6-10-26(16-24)32-28-18-22(20(3)4)12-14-30-28/h5-20H,1-4H3. The second-order valence-electron chi connectivity index (χ2n) is 8.42. The Kier molecular flexibility index (Phi) is 6.50. The minimum atomic E-state index is 0.421. The molecule has 162 valence electrons. The zero-order chi connectivity index (χ0) is 22.5. The van der Waals surface area contributed by atoms with E-state index in [0.717, 1.165) is 22.6 Å². The molecule has 0 saturated carbocycles. The molecule has 32 heavy (non-hydrogen) atoms. The summed E-state index contributed by atoms with van der Waals surface area (Å²) in [5, 5.41) is 0. The Morgan fingerprint density at radius 1 is 0.562 bits per heavy atom. The number of hydrogen-bond donors (Lipinski definition) is 0. The summed E-state index contributed by atoms with van der Waals surface area (Å²) >= 11 is 0. The van der Waals surface area contributed by atoms with E-state index in [-0.39, 0.29) is 0 Å². The minimum absolute atomic E-state index is 0.421. The van der Waals surface area contributed by atoms with E-state index in [1.807, 2.05) is 60.7 Å². The Morgan fingerprint density at radius 3 is 1.41 bits per heavy atom. The zero-order valence-corrected chi connectivity index (χ0v) is 18.9. The van der Waals surface area contributed by atoms with Gasteiger partial charge in [0, 0.05) is 24.5 Å². The molecule has 0 atom stereocenters. The first kappa shape index (κ1) is 21.6. The first-order valence-electron chi connectivity index (χ1n) is 11.0. The van der Waals surface area contributed by atoms with Gasteiger partial charge in [-0.25, -0.2) is 9.97 Å². The van der Waals surface area contributed by atoms with Gasteiger partial charge in [-0.1, -0.05) is 52.0 Å². The van der Waals surface area contributed by atoms with Crippen LogP contribution >= 0.6 is 0 Å². The molecule has 4 aromatic rings. The molecule has 4 heteroatoms. The third-order valence-corrected chi connectivity index (χ3v) is 5.30. The molecule has 0 radical (unpaired) electrons. The van der Waals surface area contributed by atoms with E-state index in [1.165, 1.54) is 11.1 Å². The molecule has 0 fully saturated rings. The van der Waals surface area contributed by atoms with Gasteiger partial charge >= 0.3 is 0 Å². The highest BCUT2D eigenvalue weighted by Crippen LogP contribution is 2.31. The Labute approximate surface area is 189 Å². The average molecular weight is 425 g/mol. The van der Waals surface area contributed by atoms with Crippen molar-refractivity contribution in [3.05, 3.63) is 96.3 Å². The fraction of sp³-hybridized carbons (Fsp3) is 0.214. The van der Waals surface area contributed by atoms with Crippen LogP contribution in [0.3, 0.4) is 0 Å². The highest BCUT2D eigenvalue weighted by molar-refractivity contribution is 5.66. The van der Waals surface area contributed by atoms with Crippen molar-refractivity contribution in [3.63, 3.8) is 0 Å². The number of benzene rings is 2. The molecule has 0 amide bonds. The van der Waals surface area contributed by atoms with E-state index in [0.29, 0.717) is 23.6 Å². The predicted molar refractivity (Wildman–Crippen MR) is 129 cm³/mol. The lowest BCUT2D eigenvalue weighted by molar-refractivity contribution is 0.461. The van der Waals surface area contributed by atoms with Crippen molar-refractivity contribution in [2.75, 3.05) is 0 Å². The van der Waals surface area contributed by atoms with Crippen LogP contribution in [0.25, 0.3) is 11.1 Å². The molecule has 0 bridgehead atoms. The number of hydrogen-bond acceptors (Lipinski definition) is 4. The zero-order valence-electron chi connectivity index (χ0n) is 18.9. The third-order valence-electron chi connectivity index (χ3n) is 5.30. The molecular weight excluding hydrogens is 396 g/mol. The van der Waals surface area contributed by atoms with Crippen LogP contribution in [0.15, 0.2) is 85.2 Å². The molecule has 4 rings (SSSR count). The predicted octanol–water partition coefficient (Wildman–Crippen LogP) is 7.98. The van der Waals surface area contributed by atoms with Gasteiger partial charge in [0.25, 0.3) is 0 Å². The number of ether oxygens (including phenoxy) is 2. The van der Waals surface area contributed by atoms with Crippen LogP contribution in [-0.2, 0) is 0 Å². The van der Waals surface area contributed by atoms with Crippen molar-refractivity contribution < 1.29 is 9.47 Å². The summed E-state index contributed by atoms with van der Waals surface area (Å²) in [4.78, 5) is 8.70. The molecular formula is C28H28N2O2. The molecule has 0 aliphatic carbocycles.